The quantitative estimate of drug-likeness (QED) is 0.564. The van der Waals surface area contributed by atoms with Gasteiger partial charge in [0.05, 0.1) is 0 Å². The van der Waals surface area contributed by atoms with Gasteiger partial charge in [-0.2, -0.15) is 0 Å². The van der Waals surface area contributed by atoms with Gasteiger partial charge in [-0.1, -0.05) is 13.8 Å². The Balaban J connectivity index is 2.89. The van der Waals surface area contributed by atoms with Crippen LogP contribution < -0.4 is 0 Å². The summed E-state index contributed by atoms with van der Waals surface area (Å²) in [5.74, 6) is 1.15. The third-order valence-corrected chi connectivity index (χ3v) is 3.26. The average Bonchev–Trinajstić information content (AvgIpc) is 2.03. The van der Waals surface area contributed by atoms with Crippen LogP contribution in [-0.4, -0.2) is 23.4 Å². The lowest BCUT2D eigenvalue weighted by Gasteiger charge is -2.35. The lowest BCUT2D eigenvalue weighted by molar-refractivity contribution is -0.137. The Labute approximate surface area is 81.3 Å². The van der Waals surface area contributed by atoms with E-state index in [2.05, 4.69) is 20.8 Å². The molecule has 2 unspecified atom stereocenters. The molecule has 0 radical (unpaired) electrons. The van der Waals surface area contributed by atoms with Crippen molar-refractivity contribution in [2.45, 2.75) is 46.1 Å². The number of hydrogen-bond acceptors (Lipinski definition) is 1. The van der Waals surface area contributed by atoms with Gasteiger partial charge in [0, 0.05) is 18.5 Å². The van der Waals surface area contributed by atoms with E-state index in [4.69, 9.17) is 0 Å². The monoisotopic (exact) mass is 183 g/mol. The molecule has 0 aromatic heterocycles. The van der Waals surface area contributed by atoms with Gasteiger partial charge in [0.15, 0.2) is 0 Å². The normalized spacial score (nSPS) is 34.5. The first-order valence-electron chi connectivity index (χ1n) is 5.12. The summed E-state index contributed by atoms with van der Waals surface area (Å²) in [6.45, 7) is 8.58. The molecule has 1 aliphatic rings. The van der Waals surface area contributed by atoms with E-state index in [9.17, 15) is 4.79 Å². The Hall–Kier alpha value is -0.530. The predicted octanol–water partition coefficient (Wildman–Crippen LogP) is 2.29. The highest BCUT2D eigenvalue weighted by molar-refractivity contribution is 5.79. The van der Waals surface area contributed by atoms with Crippen molar-refractivity contribution in [2.75, 3.05) is 7.05 Å². The number of likely N-dealkylation sites (tertiary alicyclic amines) is 1. The molecular weight excluding hydrogens is 162 g/mol. The maximum atomic E-state index is 11.8. The number of nitrogens with zero attached hydrogens (tertiary/aromatic N) is 1. The summed E-state index contributed by atoms with van der Waals surface area (Å²) >= 11 is 0. The fourth-order valence-corrected chi connectivity index (χ4v) is 2.41. The van der Waals surface area contributed by atoms with Crippen molar-refractivity contribution >= 4 is 5.91 Å². The highest BCUT2D eigenvalue weighted by atomic mass is 16.2. The molecule has 0 spiro atoms. The van der Waals surface area contributed by atoms with Gasteiger partial charge in [0.1, 0.15) is 0 Å². The van der Waals surface area contributed by atoms with Crippen molar-refractivity contribution in [1.82, 2.24) is 4.90 Å². The molecule has 1 saturated heterocycles. The van der Waals surface area contributed by atoms with E-state index in [0.717, 1.165) is 12.8 Å². The average molecular weight is 183 g/mol. The molecule has 1 amide bonds. The Morgan fingerprint density at radius 1 is 1.38 bits per heavy atom. The summed E-state index contributed by atoms with van der Waals surface area (Å²) in [7, 11) is 1.93. The van der Waals surface area contributed by atoms with Crippen LogP contribution in [-0.2, 0) is 4.79 Å². The number of carbonyl (C=O) groups is 1. The lowest BCUT2D eigenvalue weighted by atomic mass is 9.89. The largest absolute Gasteiger partial charge is 0.340 e. The molecule has 1 rings (SSSR count). The lowest BCUT2D eigenvalue weighted by Crippen LogP contribution is -2.45. The number of hydrogen-bond donors (Lipinski definition) is 0. The van der Waals surface area contributed by atoms with Crippen molar-refractivity contribution in [2.24, 2.45) is 11.8 Å². The zero-order valence-corrected chi connectivity index (χ0v) is 9.42. The van der Waals surface area contributed by atoms with E-state index in [1.165, 1.54) is 0 Å². The molecule has 0 N–H and O–H groups in total. The summed E-state index contributed by atoms with van der Waals surface area (Å²) in [5, 5.41) is 0. The Morgan fingerprint density at radius 2 is 1.92 bits per heavy atom. The summed E-state index contributed by atoms with van der Waals surface area (Å²) in [4.78, 5) is 13.8. The third kappa shape index (κ3) is 2.04. The van der Waals surface area contributed by atoms with E-state index in [1.54, 1.807) is 0 Å². The van der Waals surface area contributed by atoms with E-state index in [1.807, 2.05) is 18.9 Å². The third-order valence-electron chi connectivity index (χ3n) is 3.26. The molecule has 1 aliphatic heterocycles. The van der Waals surface area contributed by atoms with Gasteiger partial charge in [-0.3, -0.25) is 4.79 Å². The van der Waals surface area contributed by atoms with Crippen molar-refractivity contribution in [3.63, 3.8) is 0 Å². The second kappa shape index (κ2) is 3.32. The Kier molecular flexibility index (Phi) is 2.69. The fourth-order valence-electron chi connectivity index (χ4n) is 2.41. The topological polar surface area (TPSA) is 20.3 Å². The van der Waals surface area contributed by atoms with Gasteiger partial charge in [-0.15, -0.1) is 0 Å². The second-order valence-electron chi connectivity index (χ2n) is 5.16. The zero-order chi connectivity index (χ0) is 10.2. The molecule has 76 valence electrons. The molecule has 2 heteroatoms. The Bertz CT molecular complexity index is 210. The predicted molar refractivity (Wildman–Crippen MR) is 54.4 cm³/mol. The highest BCUT2D eigenvalue weighted by Crippen LogP contribution is 2.32. The van der Waals surface area contributed by atoms with E-state index in [0.29, 0.717) is 11.8 Å². The SMILES string of the molecule is CC1CC(C)C(=O)N(C)C(C)(C)C1. The van der Waals surface area contributed by atoms with Gasteiger partial charge in [-0.25, -0.2) is 0 Å². The molecule has 1 fully saturated rings. The first-order chi connectivity index (χ1) is 5.84. The number of carbonyl (C=O) groups excluding carboxylic acids is 1. The van der Waals surface area contributed by atoms with Crippen LogP contribution in [0, 0.1) is 11.8 Å². The van der Waals surface area contributed by atoms with Gasteiger partial charge >= 0.3 is 0 Å². The molecule has 13 heavy (non-hydrogen) atoms. The van der Waals surface area contributed by atoms with E-state index < -0.39 is 0 Å². The summed E-state index contributed by atoms with van der Waals surface area (Å²) in [5.41, 5.74) is 0.0290. The van der Waals surface area contributed by atoms with E-state index >= 15 is 0 Å². The fraction of sp³-hybridized carbons (Fsp3) is 0.909. The first kappa shape index (κ1) is 10.6. The van der Waals surface area contributed by atoms with Crippen molar-refractivity contribution in [3.8, 4) is 0 Å². The molecule has 1 heterocycles. The molecule has 0 bridgehead atoms. The van der Waals surface area contributed by atoms with Crippen LogP contribution in [0.5, 0.6) is 0 Å². The minimum Gasteiger partial charge on any atom is -0.340 e. The number of rotatable bonds is 0. The van der Waals surface area contributed by atoms with Crippen LogP contribution in [0.1, 0.15) is 40.5 Å². The van der Waals surface area contributed by atoms with Crippen molar-refractivity contribution in [1.29, 1.82) is 0 Å². The molecule has 2 atom stereocenters. The van der Waals surface area contributed by atoms with Gasteiger partial charge in [-0.05, 0) is 32.6 Å². The van der Waals surface area contributed by atoms with Crippen LogP contribution in [0.2, 0.25) is 0 Å². The summed E-state index contributed by atoms with van der Waals surface area (Å²) < 4.78 is 0. The number of amides is 1. The van der Waals surface area contributed by atoms with Crippen LogP contribution in [0.3, 0.4) is 0 Å². The second-order valence-corrected chi connectivity index (χ2v) is 5.16. The van der Waals surface area contributed by atoms with Crippen molar-refractivity contribution < 1.29 is 4.79 Å². The molecule has 0 aliphatic carbocycles. The summed E-state index contributed by atoms with van der Waals surface area (Å²) in [6, 6.07) is 0. The van der Waals surface area contributed by atoms with Crippen LogP contribution in [0.4, 0.5) is 0 Å². The minimum atomic E-state index is 0.0290. The Morgan fingerprint density at radius 3 is 2.46 bits per heavy atom. The molecule has 0 aromatic rings. The zero-order valence-electron chi connectivity index (χ0n) is 9.42. The highest BCUT2D eigenvalue weighted by Gasteiger charge is 2.35. The van der Waals surface area contributed by atoms with Crippen LogP contribution in [0.15, 0.2) is 0 Å². The standard InChI is InChI=1S/C11H21NO/c1-8-6-9(2)10(13)12(5)11(3,4)7-8/h8-9H,6-7H2,1-5H3. The van der Waals surface area contributed by atoms with Gasteiger partial charge in [0.25, 0.3) is 0 Å². The maximum absolute atomic E-state index is 11.8. The first-order valence-corrected chi connectivity index (χ1v) is 5.12. The van der Waals surface area contributed by atoms with Gasteiger partial charge < -0.3 is 4.90 Å². The van der Waals surface area contributed by atoms with Crippen LogP contribution >= 0.6 is 0 Å². The smallest absolute Gasteiger partial charge is 0.225 e. The molecule has 2 nitrogen and oxygen atoms in total. The van der Waals surface area contributed by atoms with Crippen molar-refractivity contribution in [3.05, 3.63) is 0 Å². The molecule has 0 aromatic carbocycles. The molecule has 0 saturated carbocycles. The van der Waals surface area contributed by atoms with E-state index in [-0.39, 0.29) is 11.5 Å². The minimum absolute atomic E-state index is 0.0290. The van der Waals surface area contributed by atoms with Gasteiger partial charge in [0.2, 0.25) is 5.91 Å². The van der Waals surface area contributed by atoms with Crippen LogP contribution in [0.25, 0.3) is 0 Å². The summed E-state index contributed by atoms with van der Waals surface area (Å²) in [6.07, 6.45) is 2.15. The molecular formula is C11H21NO. The maximum Gasteiger partial charge on any atom is 0.225 e.